The predicted molar refractivity (Wildman–Crippen MR) is 62.6 cm³/mol. The SMILES string of the molecule is Cc1ccc(OCc2ccc(Cl)nn2)cc1. The fraction of sp³-hybridized carbons (Fsp3) is 0.167. The molecule has 16 heavy (non-hydrogen) atoms. The minimum atomic E-state index is 0.388. The van der Waals surface area contributed by atoms with Crippen molar-refractivity contribution < 1.29 is 4.74 Å². The van der Waals surface area contributed by atoms with Gasteiger partial charge in [0.2, 0.25) is 0 Å². The average Bonchev–Trinajstić information content (AvgIpc) is 2.30. The minimum Gasteiger partial charge on any atom is -0.487 e. The molecular weight excluding hydrogens is 224 g/mol. The molecule has 0 saturated carbocycles. The minimum absolute atomic E-state index is 0.388. The van der Waals surface area contributed by atoms with Gasteiger partial charge in [-0.3, -0.25) is 0 Å². The summed E-state index contributed by atoms with van der Waals surface area (Å²) in [5.41, 5.74) is 1.96. The highest BCUT2D eigenvalue weighted by atomic mass is 35.5. The number of halogens is 1. The van der Waals surface area contributed by atoms with Crippen LogP contribution in [0.1, 0.15) is 11.3 Å². The number of hydrogen-bond acceptors (Lipinski definition) is 3. The lowest BCUT2D eigenvalue weighted by Crippen LogP contribution is -1.99. The van der Waals surface area contributed by atoms with Crippen LogP contribution in [0.5, 0.6) is 5.75 Å². The summed E-state index contributed by atoms with van der Waals surface area (Å²) in [6.45, 7) is 2.43. The first-order valence-electron chi connectivity index (χ1n) is 4.91. The summed E-state index contributed by atoms with van der Waals surface area (Å²) in [6.07, 6.45) is 0. The highest BCUT2D eigenvalue weighted by molar-refractivity contribution is 6.29. The van der Waals surface area contributed by atoms with Gasteiger partial charge in [0, 0.05) is 0 Å². The normalized spacial score (nSPS) is 10.1. The van der Waals surface area contributed by atoms with Crippen LogP contribution in [0.4, 0.5) is 0 Å². The second-order valence-corrected chi connectivity index (χ2v) is 3.84. The lowest BCUT2D eigenvalue weighted by molar-refractivity contribution is 0.300. The van der Waals surface area contributed by atoms with Crippen molar-refractivity contribution >= 4 is 11.6 Å². The van der Waals surface area contributed by atoms with Crippen LogP contribution < -0.4 is 4.74 Å². The van der Waals surface area contributed by atoms with Gasteiger partial charge in [0.05, 0.1) is 0 Å². The number of rotatable bonds is 3. The Morgan fingerprint density at radius 2 is 1.81 bits per heavy atom. The molecule has 0 fully saturated rings. The first kappa shape index (κ1) is 10.9. The first-order valence-corrected chi connectivity index (χ1v) is 5.29. The molecule has 0 N–H and O–H groups in total. The zero-order valence-corrected chi connectivity index (χ0v) is 9.61. The molecule has 0 aliphatic carbocycles. The van der Waals surface area contributed by atoms with E-state index in [0.29, 0.717) is 11.8 Å². The lowest BCUT2D eigenvalue weighted by atomic mass is 10.2. The number of benzene rings is 1. The molecule has 0 bridgehead atoms. The van der Waals surface area contributed by atoms with Crippen LogP contribution in [-0.4, -0.2) is 10.2 Å². The summed E-state index contributed by atoms with van der Waals surface area (Å²) in [5.74, 6) is 0.822. The van der Waals surface area contributed by atoms with E-state index in [1.807, 2.05) is 31.2 Å². The van der Waals surface area contributed by atoms with E-state index in [1.54, 1.807) is 12.1 Å². The highest BCUT2D eigenvalue weighted by Gasteiger charge is 1.98. The molecule has 3 nitrogen and oxygen atoms in total. The van der Waals surface area contributed by atoms with Gasteiger partial charge in [-0.15, -0.1) is 5.10 Å². The van der Waals surface area contributed by atoms with Crippen molar-refractivity contribution in [1.82, 2.24) is 10.2 Å². The summed E-state index contributed by atoms with van der Waals surface area (Å²) >= 11 is 5.63. The molecule has 0 amide bonds. The number of aryl methyl sites for hydroxylation is 1. The van der Waals surface area contributed by atoms with Gasteiger partial charge >= 0.3 is 0 Å². The van der Waals surface area contributed by atoms with Gasteiger partial charge in [0.15, 0.2) is 5.15 Å². The van der Waals surface area contributed by atoms with Crippen LogP contribution in [0.15, 0.2) is 36.4 Å². The number of nitrogens with zero attached hydrogens (tertiary/aromatic N) is 2. The monoisotopic (exact) mass is 234 g/mol. The Balaban J connectivity index is 1.97. The van der Waals surface area contributed by atoms with E-state index >= 15 is 0 Å². The molecule has 0 aliphatic heterocycles. The third-order valence-corrected chi connectivity index (χ3v) is 2.30. The number of aromatic nitrogens is 2. The zero-order chi connectivity index (χ0) is 11.4. The molecule has 0 unspecified atom stereocenters. The predicted octanol–water partition coefficient (Wildman–Crippen LogP) is 3.02. The third kappa shape index (κ3) is 2.94. The molecule has 1 heterocycles. The standard InChI is InChI=1S/C12H11ClN2O/c1-9-2-5-11(6-3-9)16-8-10-4-7-12(13)15-14-10/h2-7H,8H2,1H3. The molecule has 0 spiro atoms. The molecule has 1 aromatic carbocycles. The van der Waals surface area contributed by atoms with Crippen LogP contribution in [0.3, 0.4) is 0 Å². The van der Waals surface area contributed by atoms with Crippen LogP contribution in [0, 0.1) is 6.92 Å². The van der Waals surface area contributed by atoms with E-state index in [4.69, 9.17) is 16.3 Å². The van der Waals surface area contributed by atoms with E-state index in [-0.39, 0.29) is 0 Å². The van der Waals surface area contributed by atoms with Gasteiger partial charge in [-0.05, 0) is 31.2 Å². The molecule has 0 aliphatic rings. The van der Waals surface area contributed by atoms with Crippen molar-refractivity contribution in [1.29, 1.82) is 0 Å². The van der Waals surface area contributed by atoms with E-state index < -0.39 is 0 Å². The van der Waals surface area contributed by atoms with Gasteiger partial charge in [0.25, 0.3) is 0 Å². The van der Waals surface area contributed by atoms with Crippen molar-refractivity contribution in [3.8, 4) is 5.75 Å². The molecule has 4 heteroatoms. The fourth-order valence-electron chi connectivity index (χ4n) is 1.21. The van der Waals surface area contributed by atoms with Gasteiger partial charge in [-0.2, -0.15) is 5.10 Å². The maximum absolute atomic E-state index is 5.63. The number of ether oxygens (including phenoxy) is 1. The summed E-state index contributed by atoms with van der Waals surface area (Å²) in [4.78, 5) is 0. The van der Waals surface area contributed by atoms with Crippen LogP contribution >= 0.6 is 11.6 Å². The average molecular weight is 235 g/mol. The van der Waals surface area contributed by atoms with E-state index in [2.05, 4.69) is 10.2 Å². The fourth-order valence-corrected chi connectivity index (χ4v) is 1.31. The van der Waals surface area contributed by atoms with Crippen molar-refractivity contribution in [3.05, 3.63) is 52.8 Å². The van der Waals surface area contributed by atoms with Crippen molar-refractivity contribution in [2.75, 3.05) is 0 Å². The second-order valence-electron chi connectivity index (χ2n) is 3.45. The van der Waals surface area contributed by atoms with E-state index in [9.17, 15) is 0 Å². The van der Waals surface area contributed by atoms with Crippen molar-refractivity contribution in [2.45, 2.75) is 13.5 Å². The van der Waals surface area contributed by atoms with E-state index in [1.165, 1.54) is 5.56 Å². The molecule has 0 atom stereocenters. The Hall–Kier alpha value is -1.61. The molecular formula is C12H11ClN2O. The Kier molecular flexibility index (Phi) is 3.37. The maximum atomic E-state index is 5.63. The number of hydrogen-bond donors (Lipinski definition) is 0. The summed E-state index contributed by atoms with van der Waals surface area (Å²) in [6, 6.07) is 11.4. The van der Waals surface area contributed by atoms with Gasteiger partial charge in [-0.25, -0.2) is 0 Å². The van der Waals surface area contributed by atoms with Crippen LogP contribution in [-0.2, 0) is 6.61 Å². The zero-order valence-electron chi connectivity index (χ0n) is 8.85. The largest absolute Gasteiger partial charge is 0.487 e. The molecule has 0 radical (unpaired) electrons. The Morgan fingerprint density at radius 3 is 2.44 bits per heavy atom. The van der Waals surface area contributed by atoms with Gasteiger partial charge in [0.1, 0.15) is 18.1 Å². The molecule has 1 aromatic heterocycles. The van der Waals surface area contributed by atoms with Crippen LogP contribution in [0.25, 0.3) is 0 Å². The highest BCUT2D eigenvalue weighted by Crippen LogP contribution is 2.13. The van der Waals surface area contributed by atoms with Gasteiger partial charge < -0.3 is 4.74 Å². The molecule has 0 saturated heterocycles. The Morgan fingerprint density at radius 1 is 1.06 bits per heavy atom. The summed E-state index contributed by atoms with van der Waals surface area (Å²) in [7, 11) is 0. The maximum Gasteiger partial charge on any atom is 0.151 e. The summed E-state index contributed by atoms with van der Waals surface area (Å²) in [5, 5.41) is 8.03. The molecule has 82 valence electrons. The first-order chi connectivity index (χ1) is 7.74. The van der Waals surface area contributed by atoms with Crippen molar-refractivity contribution in [2.24, 2.45) is 0 Å². The quantitative estimate of drug-likeness (QED) is 0.819. The topological polar surface area (TPSA) is 35.0 Å². The smallest absolute Gasteiger partial charge is 0.151 e. The molecule has 2 aromatic rings. The van der Waals surface area contributed by atoms with Crippen LogP contribution in [0.2, 0.25) is 5.15 Å². The summed E-state index contributed by atoms with van der Waals surface area (Å²) < 4.78 is 5.54. The third-order valence-electron chi connectivity index (χ3n) is 2.09. The van der Waals surface area contributed by atoms with Gasteiger partial charge in [-0.1, -0.05) is 29.3 Å². The Bertz CT molecular complexity index is 408. The molecule has 2 rings (SSSR count). The van der Waals surface area contributed by atoms with Crippen molar-refractivity contribution in [3.63, 3.8) is 0 Å². The second kappa shape index (κ2) is 4.94. The Labute approximate surface area is 99.0 Å². The lowest BCUT2D eigenvalue weighted by Gasteiger charge is -2.05. The van der Waals surface area contributed by atoms with E-state index in [0.717, 1.165) is 11.4 Å².